The van der Waals surface area contributed by atoms with E-state index in [-0.39, 0.29) is 11.6 Å². The van der Waals surface area contributed by atoms with Gasteiger partial charge in [0.05, 0.1) is 5.69 Å². The topological polar surface area (TPSA) is 38.1 Å². The van der Waals surface area contributed by atoms with E-state index in [1.54, 1.807) is 10.9 Å². The van der Waals surface area contributed by atoms with Gasteiger partial charge in [-0.15, -0.1) is 0 Å². The van der Waals surface area contributed by atoms with Crippen molar-refractivity contribution in [1.29, 1.82) is 0 Å². The second kappa shape index (κ2) is 5.45. The van der Waals surface area contributed by atoms with Crippen LogP contribution in [0.25, 0.3) is 11.3 Å². The predicted molar refractivity (Wildman–Crippen MR) is 97.1 cm³/mol. The molecule has 1 amide bonds. The second-order valence-electron chi connectivity index (χ2n) is 8.52. The summed E-state index contributed by atoms with van der Waals surface area (Å²) < 4.78 is 1.67. The molecule has 1 aromatic carbocycles. The third-order valence-corrected chi connectivity index (χ3v) is 6.88. The zero-order chi connectivity index (χ0) is 17.0. The van der Waals surface area contributed by atoms with E-state index in [4.69, 9.17) is 0 Å². The molecule has 4 aliphatic carbocycles. The number of carbonyl (C=O) groups is 1. The summed E-state index contributed by atoms with van der Waals surface area (Å²) in [4.78, 5) is 19.7. The van der Waals surface area contributed by atoms with Gasteiger partial charge in [-0.25, -0.2) is 9.78 Å². The third kappa shape index (κ3) is 2.42. The highest BCUT2D eigenvalue weighted by atomic mass is 16.2. The largest absolute Gasteiger partial charge is 0.329 e. The van der Waals surface area contributed by atoms with Gasteiger partial charge in [-0.1, -0.05) is 30.3 Å². The molecule has 4 nitrogen and oxygen atoms in total. The quantitative estimate of drug-likeness (QED) is 0.815. The molecule has 0 atom stereocenters. The fourth-order valence-electron chi connectivity index (χ4n) is 6.04. The molecule has 2 aromatic rings. The van der Waals surface area contributed by atoms with Crippen molar-refractivity contribution in [2.24, 2.45) is 17.8 Å². The maximum Gasteiger partial charge on any atom is 0.329 e. The van der Waals surface area contributed by atoms with E-state index < -0.39 is 0 Å². The van der Waals surface area contributed by atoms with Crippen LogP contribution >= 0.6 is 0 Å². The van der Waals surface area contributed by atoms with Crippen LogP contribution in [0.15, 0.2) is 42.9 Å². The van der Waals surface area contributed by atoms with E-state index in [0.29, 0.717) is 0 Å². The molecule has 0 N–H and O–H groups in total. The van der Waals surface area contributed by atoms with Gasteiger partial charge in [0.25, 0.3) is 0 Å². The Bertz CT molecular complexity index is 759. The lowest BCUT2D eigenvalue weighted by Crippen LogP contribution is -2.60. The molecule has 0 radical (unpaired) electrons. The predicted octanol–water partition coefficient (Wildman–Crippen LogP) is 4.42. The summed E-state index contributed by atoms with van der Waals surface area (Å²) in [5.41, 5.74) is 1.99. The summed E-state index contributed by atoms with van der Waals surface area (Å²) in [6, 6.07) is 10.1. The number of aromatic nitrogens is 2. The van der Waals surface area contributed by atoms with E-state index in [0.717, 1.165) is 29.0 Å². The lowest BCUT2D eigenvalue weighted by molar-refractivity contribution is -0.0620. The summed E-state index contributed by atoms with van der Waals surface area (Å²) in [7, 11) is 2.01. The van der Waals surface area contributed by atoms with Crippen LogP contribution in [0.1, 0.15) is 38.5 Å². The van der Waals surface area contributed by atoms with Crippen LogP contribution in [0.3, 0.4) is 0 Å². The molecule has 4 bridgehead atoms. The standard InChI is InChI=1S/C21H25N3O/c1-23(21-10-15-7-16(11-21)9-17(8-15)12-21)20(25)24-13-19(22-14-24)18-5-3-2-4-6-18/h2-6,13-17H,7-12H2,1H3. The number of rotatable bonds is 2. The van der Waals surface area contributed by atoms with Crippen molar-refractivity contribution < 1.29 is 4.79 Å². The molecule has 4 fully saturated rings. The van der Waals surface area contributed by atoms with Gasteiger partial charge in [0.15, 0.2) is 0 Å². The van der Waals surface area contributed by atoms with Crippen molar-refractivity contribution in [1.82, 2.24) is 14.5 Å². The van der Waals surface area contributed by atoms with E-state index >= 15 is 0 Å². The number of hydrogen-bond donors (Lipinski definition) is 0. The van der Waals surface area contributed by atoms with Gasteiger partial charge in [0, 0.05) is 24.3 Å². The lowest BCUT2D eigenvalue weighted by atomic mass is 9.52. The van der Waals surface area contributed by atoms with Gasteiger partial charge in [-0.3, -0.25) is 4.57 Å². The van der Waals surface area contributed by atoms with Gasteiger partial charge in [-0.2, -0.15) is 0 Å². The molecular weight excluding hydrogens is 310 g/mol. The van der Waals surface area contributed by atoms with Crippen LogP contribution in [0.2, 0.25) is 0 Å². The molecule has 4 heteroatoms. The van der Waals surface area contributed by atoms with Crippen LogP contribution in [0.4, 0.5) is 4.79 Å². The van der Waals surface area contributed by atoms with E-state index in [9.17, 15) is 4.79 Å². The minimum atomic E-state index is 0.0663. The Hall–Kier alpha value is -2.10. The molecule has 1 heterocycles. The Labute approximate surface area is 148 Å². The normalized spacial score (nSPS) is 32.8. The Morgan fingerprint density at radius 1 is 1.08 bits per heavy atom. The lowest BCUT2D eigenvalue weighted by Gasteiger charge is -2.59. The maximum absolute atomic E-state index is 13.2. The third-order valence-electron chi connectivity index (χ3n) is 6.88. The van der Waals surface area contributed by atoms with Gasteiger partial charge in [0.2, 0.25) is 0 Å². The summed E-state index contributed by atoms with van der Waals surface area (Å²) in [5, 5.41) is 0. The molecule has 0 aliphatic heterocycles. The van der Waals surface area contributed by atoms with Gasteiger partial charge in [-0.05, 0) is 56.3 Å². The molecule has 6 rings (SSSR count). The second-order valence-corrected chi connectivity index (χ2v) is 8.52. The Kier molecular flexibility index (Phi) is 3.31. The number of imidazole rings is 1. The first-order valence-corrected chi connectivity index (χ1v) is 9.50. The molecule has 25 heavy (non-hydrogen) atoms. The SMILES string of the molecule is CN(C(=O)n1cnc(-c2ccccc2)c1)C12CC3CC(CC(C3)C1)C2. The molecule has 0 saturated heterocycles. The number of hydrogen-bond acceptors (Lipinski definition) is 2. The number of nitrogens with zero attached hydrogens (tertiary/aromatic N) is 3. The van der Waals surface area contributed by atoms with Crippen LogP contribution in [0, 0.1) is 17.8 Å². The minimum absolute atomic E-state index is 0.0663. The first-order chi connectivity index (χ1) is 12.1. The fraction of sp³-hybridized carbons (Fsp3) is 0.524. The molecule has 0 unspecified atom stereocenters. The van der Waals surface area contributed by atoms with Crippen LogP contribution in [-0.4, -0.2) is 33.1 Å². The summed E-state index contributed by atoms with van der Waals surface area (Å²) in [5.74, 6) is 2.51. The number of benzene rings is 1. The molecular formula is C21H25N3O. The monoisotopic (exact) mass is 335 g/mol. The first-order valence-electron chi connectivity index (χ1n) is 9.50. The van der Waals surface area contributed by atoms with Crippen molar-refractivity contribution in [3.05, 3.63) is 42.9 Å². The van der Waals surface area contributed by atoms with Crippen molar-refractivity contribution >= 4 is 6.03 Å². The molecule has 4 saturated carbocycles. The van der Waals surface area contributed by atoms with Crippen molar-refractivity contribution in [3.8, 4) is 11.3 Å². The highest BCUT2D eigenvalue weighted by Crippen LogP contribution is 2.57. The van der Waals surface area contributed by atoms with Crippen molar-refractivity contribution in [2.45, 2.75) is 44.1 Å². The smallest absolute Gasteiger partial charge is 0.321 e. The van der Waals surface area contributed by atoms with E-state index in [1.807, 2.05) is 48.5 Å². The average molecular weight is 335 g/mol. The molecule has 130 valence electrons. The van der Waals surface area contributed by atoms with E-state index in [1.165, 1.54) is 38.5 Å². The summed E-state index contributed by atoms with van der Waals surface area (Å²) in [6.45, 7) is 0. The molecule has 4 aliphatic rings. The highest BCUT2D eigenvalue weighted by molar-refractivity contribution is 5.78. The Morgan fingerprint density at radius 2 is 1.68 bits per heavy atom. The van der Waals surface area contributed by atoms with Crippen LogP contribution in [0.5, 0.6) is 0 Å². The fourth-order valence-corrected chi connectivity index (χ4v) is 6.04. The Morgan fingerprint density at radius 3 is 2.28 bits per heavy atom. The van der Waals surface area contributed by atoms with Gasteiger partial charge >= 0.3 is 6.03 Å². The van der Waals surface area contributed by atoms with Crippen molar-refractivity contribution in [2.75, 3.05) is 7.05 Å². The Balaban J connectivity index is 1.40. The highest BCUT2D eigenvalue weighted by Gasteiger charge is 2.53. The first kappa shape index (κ1) is 15.2. The maximum atomic E-state index is 13.2. The van der Waals surface area contributed by atoms with E-state index in [2.05, 4.69) is 4.98 Å². The van der Waals surface area contributed by atoms with Crippen LogP contribution in [-0.2, 0) is 0 Å². The summed E-state index contributed by atoms with van der Waals surface area (Å²) in [6.07, 6.45) is 11.3. The zero-order valence-corrected chi connectivity index (χ0v) is 14.8. The number of amides is 1. The number of carbonyl (C=O) groups excluding carboxylic acids is 1. The van der Waals surface area contributed by atoms with Gasteiger partial charge < -0.3 is 4.90 Å². The molecule has 1 aromatic heterocycles. The van der Waals surface area contributed by atoms with Crippen LogP contribution < -0.4 is 0 Å². The van der Waals surface area contributed by atoms with Crippen molar-refractivity contribution in [3.63, 3.8) is 0 Å². The average Bonchev–Trinajstić information content (AvgIpc) is 3.10. The zero-order valence-electron chi connectivity index (χ0n) is 14.8. The van der Waals surface area contributed by atoms with Gasteiger partial charge in [0.1, 0.15) is 6.33 Å². The molecule has 0 spiro atoms. The summed E-state index contributed by atoms with van der Waals surface area (Å²) >= 11 is 0. The minimum Gasteiger partial charge on any atom is -0.321 e.